The molecule has 0 aliphatic rings. The van der Waals surface area contributed by atoms with E-state index in [1.54, 1.807) is 19.1 Å². The number of hydrogen-bond acceptors (Lipinski definition) is 2. The van der Waals surface area contributed by atoms with Crippen LogP contribution in [0.1, 0.15) is 5.56 Å². The van der Waals surface area contributed by atoms with Crippen LogP contribution in [0.3, 0.4) is 0 Å². The average Bonchev–Trinajstić information content (AvgIpc) is 2.18. The average molecular weight is 196 g/mol. The fraction of sp³-hybridized carbons (Fsp3) is 0.455. The Bertz CT molecular complexity index is 299. The van der Waals surface area contributed by atoms with E-state index in [9.17, 15) is 4.39 Å². The maximum Gasteiger partial charge on any atom is 0.128 e. The van der Waals surface area contributed by atoms with Crippen molar-refractivity contribution in [2.45, 2.75) is 6.92 Å². The van der Waals surface area contributed by atoms with E-state index in [0.717, 1.165) is 18.8 Å². The Morgan fingerprint density at radius 1 is 1.43 bits per heavy atom. The number of benzene rings is 1. The van der Waals surface area contributed by atoms with Gasteiger partial charge in [0.1, 0.15) is 5.82 Å². The van der Waals surface area contributed by atoms with Gasteiger partial charge in [0.05, 0.1) is 0 Å². The predicted molar refractivity (Wildman–Crippen MR) is 58.3 cm³/mol. The van der Waals surface area contributed by atoms with E-state index < -0.39 is 0 Å². The van der Waals surface area contributed by atoms with E-state index in [2.05, 4.69) is 5.32 Å². The topological polar surface area (TPSA) is 15.3 Å². The second kappa shape index (κ2) is 4.96. The maximum absolute atomic E-state index is 13.2. The summed E-state index contributed by atoms with van der Waals surface area (Å²) in [7, 11) is 3.87. The minimum absolute atomic E-state index is 0.140. The van der Waals surface area contributed by atoms with E-state index in [1.165, 1.54) is 0 Å². The molecule has 0 radical (unpaired) electrons. The third-order valence-electron chi connectivity index (χ3n) is 2.29. The van der Waals surface area contributed by atoms with Gasteiger partial charge in [0.25, 0.3) is 0 Å². The molecule has 0 aliphatic heterocycles. The van der Waals surface area contributed by atoms with Crippen LogP contribution in [0.4, 0.5) is 10.1 Å². The van der Waals surface area contributed by atoms with E-state index in [-0.39, 0.29) is 5.82 Å². The summed E-state index contributed by atoms with van der Waals surface area (Å²) in [6.07, 6.45) is 0. The lowest BCUT2D eigenvalue weighted by Gasteiger charge is -2.19. The second-order valence-electron chi connectivity index (χ2n) is 3.46. The summed E-state index contributed by atoms with van der Waals surface area (Å²) in [6.45, 7) is 3.54. The first-order valence-electron chi connectivity index (χ1n) is 4.77. The molecular weight excluding hydrogens is 179 g/mol. The third kappa shape index (κ3) is 2.70. The normalized spacial score (nSPS) is 10.3. The van der Waals surface area contributed by atoms with Crippen LogP contribution >= 0.6 is 0 Å². The lowest BCUT2D eigenvalue weighted by molar-refractivity contribution is 0.617. The van der Waals surface area contributed by atoms with Gasteiger partial charge in [-0.25, -0.2) is 4.39 Å². The van der Waals surface area contributed by atoms with Crippen molar-refractivity contribution in [1.29, 1.82) is 0 Å². The fourth-order valence-corrected chi connectivity index (χ4v) is 1.23. The van der Waals surface area contributed by atoms with Crippen molar-refractivity contribution < 1.29 is 4.39 Å². The molecule has 0 aliphatic carbocycles. The Morgan fingerprint density at radius 2 is 2.14 bits per heavy atom. The molecule has 0 unspecified atom stereocenters. The quantitative estimate of drug-likeness (QED) is 0.789. The number of rotatable bonds is 4. The summed E-state index contributed by atoms with van der Waals surface area (Å²) in [5.74, 6) is -0.140. The molecule has 0 saturated carbocycles. The van der Waals surface area contributed by atoms with Gasteiger partial charge >= 0.3 is 0 Å². The van der Waals surface area contributed by atoms with Crippen molar-refractivity contribution in [2.75, 3.05) is 32.1 Å². The third-order valence-corrected chi connectivity index (χ3v) is 2.29. The van der Waals surface area contributed by atoms with Gasteiger partial charge in [-0.1, -0.05) is 6.07 Å². The van der Waals surface area contributed by atoms with Crippen LogP contribution in [0.2, 0.25) is 0 Å². The van der Waals surface area contributed by atoms with Crippen LogP contribution in [0.15, 0.2) is 18.2 Å². The molecule has 0 bridgehead atoms. The number of nitrogens with one attached hydrogen (secondary N) is 1. The van der Waals surface area contributed by atoms with Crippen molar-refractivity contribution in [2.24, 2.45) is 0 Å². The molecule has 0 fully saturated rings. The number of likely N-dealkylation sites (N-methyl/N-ethyl adjacent to an activating group) is 2. The van der Waals surface area contributed by atoms with E-state index >= 15 is 0 Å². The van der Waals surface area contributed by atoms with Crippen LogP contribution in [-0.2, 0) is 0 Å². The van der Waals surface area contributed by atoms with Gasteiger partial charge in [0, 0.05) is 25.8 Å². The Labute approximate surface area is 84.7 Å². The second-order valence-corrected chi connectivity index (χ2v) is 3.46. The summed E-state index contributed by atoms with van der Waals surface area (Å²) < 4.78 is 13.2. The first kappa shape index (κ1) is 11.0. The predicted octanol–water partition coefficient (Wildman–Crippen LogP) is 1.79. The zero-order chi connectivity index (χ0) is 10.6. The SMILES string of the molecule is CNCCN(C)c1ccc(C)c(F)c1. The fourth-order valence-electron chi connectivity index (χ4n) is 1.23. The first-order chi connectivity index (χ1) is 6.65. The monoisotopic (exact) mass is 196 g/mol. The lowest BCUT2D eigenvalue weighted by atomic mass is 10.2. The summed E-state index contributed by atoms with van der Waals surface area (Å²) in [4.78, 5) is 2.03. The van der Waals surface area contributed by atoms with Crippen LogP contribution in [0.25, 0.3) is 0 Å². The zero-order valence-corrected chi connectivity index (χ0v) is 8.97. The molecule has 2 nitrogen and oxygen atoms in total. The lowest BCUT2D eigenvalue weighted by Crippen LogP contribution is -2.27. The highest BCUT2D eigenvalue weighted by atomic mass is 19.1. The van der Waals surface area contributed by atoms with Crippen LogP contribution in [-0.4, -0.2) is 27.2 Å². The van der Waals surface area contributed by atoms with Gasteiger partial charge in [0.15, 0.2) is 0 Å². The van der Waals surface area contributed by atoms with Crippen molar-refractivity contribution in [1.82, 2.24) is 5.32 Å². The minimum Gasteiger partial charge on any atom is -0.373 e. The smallest absolute Gasteiger partial charge is 0.128 e. The van der Waals surface area contributed by atoms with Crippen LogP contribution < -0.4 is 10.2 Å². The number of anilines is 1. The van der Waals surface area contributed by atoms with E-state index in [0.29, 0.717) is 5.56 Å². The van der Waals surface area contributed by atoms with Gasteiger partial charge < -0.3 is 10.2 Å². The molecule has 3 heteroatoms. The number of halogens is 1. The Hall–Kier alpha value is -1.09. The van der Waals surface area contributed by atoms with Crippen LogP contribution in [0, 0.1) is 12.7 Å². The van der Waals surface area contributed by atoms with Gasteiger partial charge in [-0.05, 0) is 31.7 Å². The largest absolute Gasteiger partial charge is 0.373 e. The van der Waals surface area contributed by atoms with Gasteiger partial charge in [-0.3, -0.25) is 0 Å². The molecule has 0 amide bonds. The van der Waals surface area contributed by atoms with Crippen molar-refractivity contribution in [3.63, 3.8) is 0 Å². The van der Waals surface area contributed by atoms with Gasteiger partial charge in [-0.15, -0.1) is 0 Å². The van der Waals surface area contributed by atoms with Crippen LogP contribution in [0.5, 0.6) is 0 Å². The van der Waals surface area contributed by atoms with E-state index in [1.807, 2.05) is 25.1 Å². The molecule has 0 saturated heterocycles. The molecular formula is C11H17FN2. The van der Waals surface area contributed by atoms with Gasteiger partial charge in [0.2, 0.25) is 0 Å². The number of aryl methyl sites for hydroxylation is 1. The van der Waals surface area contributed by atoms with Gasteiger partial charge in [-0.2, -0.15) is 0 Å². The molecule has 1 rings (SSSR count). The summed E-state index contributed by atoms with van der Waals surface area (Å²) >= 11 is 0. The van der Waals surface area contributed by atoms with Crippen molar-refractivity contribution in [3.8, 4) is 0 Å². The molecule has 0 atom stereocenters. The molecule has 1 aromatic rings. The van der Waals surface area contributed by atoms with Crippen molar-refractivity contribution in [3.05, 3.63) is 29.6 Å². The maximum atomic E-state index is 13.2. The summed E-state index contributed by atoms with van der Waals surface area (Å²) in [5.41, 5.74) is 1.61. The molecule has 0 aromatic heterocycles. The summed E-state index contributed by atoms with van der Waals surface area (Å²) in [6, 6.07) is 5.32. The highest BCUT2D eigenvalue weighted by Gasteiger charge is 2.03. The molecule has 0 spiro atoms. The standard InChI is InChI=1S/C11H17FN2/c1-9-4-5-10(8-11(9)12)14(3)7-6-13-2/h4-5,8,13H,6-7H2,1-3H3. The molecule has 14 heavy (non-hydrogen) atoms. The Balaban J connectivity index is 2.70. The molecule has 1 N–H and O–H groups in total. The Kier molecular flexibility index (Phi) is 3.89. The Morgan fingerprint density at radius 3 is 2.71 bits per heavy atom. The highest BCUT2D eigenvalue weighted by molar-refractivity contribution is 5.47. The first-order valence-corrected chi connectivity index (χ1v) is 4.77. The summed E-state index contributed by atoms with van der Waals surface area (Å²) in [5, 5.41) is 3.06. The van der Waals surface area contributed by atoms with E-state index in [4.69, 9.17) is 0 Å². The minimum atomic E-state index is -0.140. The molecule has 0 heterocycles. The highest BCUT2D eigenvalue weighted by Crippen LogP contribution is 2.16. The van der Waals surface area contributed by atoms with Crippen molar-refractivity contribution >= 4 is 5.69 Å². The zero-order valence-electron chi connectivity index (χ0n) is 8.97. The molecule has 78 valence electrons. The number of hydrogen-bond donors (Lipinski definition) is 1. The molecule has 1 aromatic carbocycles. The number of nitrogens with zero attached hydrogens (tertiary/aromatic N) is 1.